The molecule has 0 spiro atoms. The molecule has 1 unspecified atom stereocenters. The second-order valence-electron chi connectivity index (χ2n) is 7.02. The van der Waals surface area contributed by atoms with Crippen LogP contribution in [0.1, 0.15) is 31.9 Å². The summed E-state index contributed by atoms with van der Waals surface area (Å²) in [6.07, 6.45) is -0.546. The van der Waals surface area contributed by atoms with Crippen LogP contribution in [0, 0.1) is 36.0 Å². The maximum Gasteiger partial charge on any atom is 0.459 e. The summed E-state index contributed by atoms with van der Waals surface area (Å²) in [5.41, 5.74) is 1.19. The van der Waals surface area contributed by atoms with Gasteiger partial charge < -0.3 is 9.26 Å². The van der Waals surface area contributed by atoms with Crippen LogP contribution in [0.5, 0.6) is 5.75 Å². The smallest absolute Gasteiger partial charge is 0.459 e. The summed E-state index contributed by atoms with van der Waals surface area (Å²) >= 11 is 0. The van der Waals surface area contributed by atoms with Crippen molar-refractivity contribution in [1.29, 1.82) is 0 Å². The Morgan fingerprint density at radius 3 is 2.03 bits per heavy atom. The topological polar surface area (TPSA) is 73.9 Å². The predicted molar refractivity (Wildman–Crippen MR) is 104 cm³/mol. The highest BCUT2D eigenvalue weighted by molar-refractivity contribution is 7.52. The van der Waals surface area contributed by atoms with Crippen LogP contribution in [0.3, 0.4) is 0 Å². The number of esters is 1. The maximum absolute atomic E-state index is 14.1. The normalized spacial score (nSPS) is 14.2. The molecule has 0 saturated carbocycles. The summed E-state index contributed by atoms with van der Waals surface area (Å²) in [6, 6.07) is 5.25. The van der Waals surface area contributed by atoms with Gasteiger partial charge in [0.15, 0.2) is 0 Å². The molecule has 0 radical (unpaired) electrons. The van der Waals surface area contributed by atoms with E-state index in [0.717, 1.165) is 0 Å². The van der Waals surface area contributed by atoms with Crippen molar-refractivity contribution in [3.8, 4) is 5.75 Å². The lowest BCUT2D eigenvalue weighted by atomic mass is 10.1. The van der Waals surface area contributed by atoms with E-state index in [4.69, 9.17) is 9.26 Å². The third kappa shape index (κ3) is 6.05. The Morgan fingerprint density at radius 1 is 0.969 bits per heavy atom. The molecule has 2 rings (SSSR count). The number of benzene rings is 2. The minimum atomic E-state index is -4.88. The van der Waals surface area contributed by atoms with Crippen LogP contribution in [0.15, 0.2) is 24.3 Å². The number of halogens is 5. The fourth-order valence-electron chi connectivity index (χ4n) is 2.43. The van der Waals surface area contributed by atoms with Crippen LogP contribution in [0.2, 0.25) is 0 Å². The van der Waals surface area contributed by atoms with Gasteiger partial charge in [-0.05, 0) is 38.8 Å². The molecule has 176 valence electrons. The van der Waals surface area contributed by atoms with E-state index in [-0.39, 0.29) is 0 Å². The molecular formula is C20H21F5NO5P. The number of hydrogen-bond acceptors (Lipinski definition) is 5. The number of carbonyl (C=O) groups excluding carboxylic acids is 1. The first-order chi connectivity index (χ1) is 14.9. The lowest BCUT2D eigenvalue weighted by Gasteiger charge is -2.24. The van der Waals surface area contributed by atoms with Crippen LogP contribution in [0.25, 0.3) is 0 Å². The van der Waals surface area contributed by atoms with Gasteiger partial charge in [0.1, 0.15) is 6.04 Å². The van der Waals surface area contributed by atoms with Crippen molar-refractivity contribution in [3.05, 3.63) is 64.5 Å². The average molecular weight is 481 g/mol. The molecule has 2 aromatic carbocycles. The summed E-state index contributed by atoms with van der Waals surface area (Å²) in [4.78, 5) is 12.1. The molecule has 1 N–H and O–H groups in total. The first kappa shape index (κ1) is 25.8. The molecule has 2 atom stereocenters. The summed E-state index contributed by atoms with van der Waals surface area (Å²) in [5, 5.41) is 2.11. The van der Waals surface area contributed by atoms with E-state index in [1.807, 2.05) is 0 Å². The van der Waals surface area contributed by atoms with Gasteiger partial charge in [-0.25, -0.2) is 17.7 Å². The Hall–Kier alpha value is -2.49. The van der Waals surface area contributed by atoms with Gasteiger partial charge in [-0.2, -0.15) is 13.9 Å². The minimum Gasteiger partial charge on any atom is -0.462 e. The molecule has 0 aliphatic rings. The predicted octanol–water partition coefficient (Wildman–Crippen LogP) is 5.32. The zero-order valence-electron chi connectivity index (χ0n) is 17.5. The molecule has 0 aliphatic heterocycles. The van der Waals surface area contributed by atoms with Crippen molar-refractivity contribution < 1.29 is 45.1 Å². The lowest BCUT2D eigenvalue weighted by Crippen LogP contribution is -2.36. The van der Waals surface area contributed by atoms with Gasteiger partial charge >= 0.3 is 13.7 Å². The summed E-state index contributed by atoms with van der Waals surface area (Å²) < 4.78 is 96.7. The van der Waals surface area contributed by atoms with Gasteiger partial charge in [-0.1, -0.05) is 24.3 Å². The summed E-state index contributed by atoms with van der Waals surface area (Å²) in [7, 11) is -4.88. The Kier molecular flexibility index (Phi) is 8.39. The van der Waals surface area contributed by atoms with E-state index < -0.39 is 67.3 Å². The van der Waals surface area contributed by atoms with Gasteiger partial charge in [0, 0.05) is 0 Å². The monoisotopic (exact) mass is 481 g/mol. The van der Waals surface area contributed by atoms with Gasteiger partial charge in [0.05, 0.1) is 12.7 Å². The van der Waals surface area contributed by atoms with Crippen molar-refractivity contribution in [2.75, 3.05) is 0 Å². The number of nitrogens with one attached hydrogen (secondary N) is 1. The molecule has 0 fully saturated rings. The largest absolute Gasteiger partial charge is 0.462 e. The van der Waals surface area contributed by atoms with Crippen LogP contribution in [-0.2, 0) is 25.2 Å². The molecule has 0 heterocycles. The van der Waals surface area contributed by atoms with Gasteiger partial charge in [0.25, 0.3) is 0 Å². The highest BCUT2D eigenvalue weighted by Crippen LogP contribution is 2.48. The molecule has 0 aliphatic carbocycles. The van der Waals surface area contributed by atoms with E-state index in [0.29, 0.717) is 11.1 Å². The number of rotatable bonds is 9. The van der Waals surface area contributed by atoms with Crippen molar-refractivity contribution in [2.24, 2.45) is 0 Å². The highest BCUT2D eigenvalue weighted by atomic mass is 31.2. The molecule has 12 heteroatoms. The number of carbonyl (C=O) groups is 1. The van der Waals surface area contributed by atoms with Gasteiger partial charge in [0.2, 0.25) is 34.8 Å². The Balaban J connectivity index is 2.41. The number of hydrogen-bond donors (Lipinski definition) is 1. The molecular weight excluding hydrogens is 460 g/mol. The minimum absolute atomic E-state index is 0.432. The molecule has 6 nitrogen and oxygen atoms in total. The van der Waals surface area contributed by atoms with E-state index in [9.17, 15) is 31.3 Å². The number of ether oxygens (including phenoxy) is 1. The second kappa shape index (κ2) is 10.4. The Labute approximate surface area is 181 Å². The van der Waals surface area contributed by atoms with E-state index in [2.05, 4.69) is 9.61 Å². The Bertz CT molecular complexity index is 1020. The maximum atomic E-state index is 14.1. The van der Waals surface area contributed by atoms with Crippen molar-refractivity contribution in [2.45, 2.75) is 46.4 Å². The molecule has 0 amide bonds. The molecule has 0 bridgehead atoms. The first-order valence-corrected chi connectivity index (χ1v) is 10.9. The third-order valence-corrected chi connectivity index (χ3v) is 5.68. The summed E-state index contributed by atoms with van der Waals surface area (Å²) in [5.74, 6) is -14.4. The van der Waals surface area contributed by atoms with Gasteiger partial charge in [-0.3, -0.25) is 9.32 Å². The highest BCUT2D eigenvalue weighted by Gasteiger charge is 2.37. The molecule has 0 aromatic heterocycles. The molecule has 2 aromatic rings. The fraction of sp³-hybridized carbons (Fsp3) is 0.350. The second-order valence-corrected chi connectivity index (χ2v) is 8.72. The fourth-order valence-corrected chi connectivity index (χ4v) is 3.90. The molecule has 32 heavy (non-hydrogen) atoms. The van der Waals surface area contributed by atoms with Crippen LogP contribution < -0.4 is 9.61 Å². The number of aryl methyl sites for hydroxylation is 1. The van der Waals surface area contributed by atoms with Crippen molar-refractivity contribution in [1.82, 2.24) is 5.09 Å². The average Bonchev–Trinajstić information content (AvgIpc) is 2.73. The summed E-state index contributed by atoms with van der Waals surface area (Å²) in [6.45, 7) is 5.55. The zero-order valence-corrected chi connectivity index (χ0v) is 18.4. The SMILES string of the molecule is Cc1ccccc1COP(=O)(N[C@@H](C)C(=O)OC(C)C)Oc1c(F)c(F)c(F)c(F)c1F. The lowest BCUT2D eigenvalue weighted by molar-refractivity contribution is -0.149. The quantitative estimate of drug-likeness (QED) is 0.172. The van der Waals surface area contributed by atoms with Crippen molar-refractivity contribution in [3.63, 3.8) is 0 Å². The zero-order chi connectivity index (χ0) is 24.2. The third-order valence-electron chi connectivity index (χ3n) is 4.09. The van der Waals surface area contributed by atoms with Crippen molar-refractivity contribution >= 4 is 13.7 Å². The molecule has 0 saturated heterocycles. The van der Waals surface area contributed by atoms with E-state index in [1.165, 1.54) is 6.92 Å². The Morgan fingerprint density at radius 2 is 1.50 bits per heavy atom. The standard InChI is InChI=1S/C20H21F5NO5P/c1-10(2)30-20(27)12(4)26-32(28,29-9-13-8-6-5-7-11(13)3)31-19-17(24)15(22)14(21)16(23)18(19)25/h5-8,10,12H,9H2,1-4H3,(H,26,28)/t12-,32?/m0/s1. The van der Waals surface area contributed by atoms with E-state index in [1.54, 1.807) is 45.0 Å². The van der Waals surface area contributed by atoms with E-state index >= 15 is 0 Å². The van der Waals surface area contributed by atoms with Gasteiger partial charge in [-0.15, -0.1) is 0 Å². The first-order valence-electron chi connectivity index (χ1n) is 9.34. The van der Waals surface area contributed by atoms with Crippen LogP contribution in [-0.4, -0.2) is 18.1 Å². The van der Waals surface area contributed by atoms with Crippen LogP contribution >= 0.6 is 7.75 Å². The van der Waals surface area contributed by atoms with Crippen LogP contribution in [0.4, 0.5) is 22.0 Å².